The van der Waals surface area contributed by atoms with Gasteiger partial charge < -0.3 is 10.3 Å². The number of hydrogen-bond acceptors (Lipinski definition) is 2. The molecule has 0 bridgehead atoms. The minimum Gasteiger partial charge on any atom is -0.355 e. The van der Waals surface area contributed by atoms with Crippen LogP contribution in [0, 0.1) is 0 Å². The molecule has 1 aliphatic carbocycles. The van der Waals surface area contributed by atoms with E-state index >= 15 is 0 Å². The van der Waals surface area contributed by atoms with Gasteiger partial charge in [0.2, 0.25) is 0 Å². The fraction of sp³-hybridized carbons (Fsp3) is 0.467. The van der Waals surface area contributed by atoms with E-state index in [1.54, 1.807) is 7.05 Å². The Morgan fingerprint density at radius 3 is 2.75 bits per heavy atom. The molecule has 1 aromatic carbocycles. The molecule has 1 heterocycles. The van der Waals surface area contributed by atoms with Crippen molar-refractivity contribution in [1.29, 1.82) is 0 Å². The second-order valence-electron chi connectivity index (χ2n) is 5.27. The second-order valence-corrected chi connectivity index (χ2v) is 5.27. The highest BCUT2D eigenvalue weighted by Crippen LogP contribution is 2.32. The Morgan fingerprint density at radius 2 is 2.05 bits per heavy atom. The van der Waals surface area contributed by atoms with Gasteiger partial charge in [0.1, 0.15) is 5.82 Å². The highest BCUT2D eigenvalue weighted by atomic mass is 35.5. The zero-order valence-corrected chi connectivity index (χ0v) is 12.4. The monoisotopic (exact) mass is 293 g/mol. The van der Waals surface area contributed by atoms with E-state index in [-0.39, 0.29) is 18.3 Å². The number of carbonyl (C=O) groups excluding carboxylic acids is 1. The lowest BCUT2D eigenvalue weighted by Gasteiger charge is -2.18. The Bertz CT molecular complexity index is 602. The predicted molar refractivity (Wildman–Crippen MR) is 82.6 cm³/mol. The number of carbonyl (C=O) groups is 1. The summed E-state index contributed by atoms with van der Waals surface area (Å²) in [5, 5.41) is 2.64. The molecule has 2 N–H and O–H groups in total. The van der Waals surface area contributed by atoms with Crippen LogP contribution < -0.4 is 5.32 Å². The number of hydrogen-bond donors (Lipinski definition) is 2. The molecule has 1 fully saturated rings. The van der Waals surface area contributed by atoms with Gasteiger partial charge in [-0.2, -0.15) is 0 Å². The van der Waals surface area contributed by atoms with Gasteiger partial charge in [-0.25, -0.2) is 4.98 Å². The van der Waals surface area contributed by atoms with Gasteiger partial charge in [0.15, 0.2) is 0 Å². The Labute approximate surface area is 124 Å². The molecular weight excluding hydrogens is 274 g/mol. The molecule has 0 atom stereocenters. The molecule has 0 spiro atoms. The summed E-state index contributed by atoms with van der Waals surface area (Å²) in [4.78, 5) is 19.7. The van der Waals surface area contributed by atoms with Gasteiger partial charge in [-0.15, -0.1) is 12.4 Å². The van der Waals surface area contributed by atoms with Crippen molar-refractivity contribution in [2.24, 2.45) is 0 Å². The lowest BCUT2D eigenvalue weighted by Crippen LogP contribution is -2.17. The first-order valence-electron chi connectivity index (χ1n) is 6.99. The number of H-pyrrole nitrogens is 1. The average Bonchev–Trinajstić information content (AvgIpc) is 2.90. The van der Waals surface area contributed by atoms with Crippen LogP contribution in [0.2, 0.25) is 0 Å². The summed E-state index contributed by atoms with van der Waals surface area (Å²) in [6, 6.07) is 5.63. The Hall–Kier alpha value is -1.55. The minimum absolute atomic E-state index is 0. The lowest BCUT2D eigenvalue weighted by molar-refractivity contribution is 0.0963. The second kappa shape index (κ2) is 6.27. The van der Waals surface area contributed by atoms with E-state index in [1.165, 1.54) is 32.1 Å². The fourth-order valence-corrected chi connectivity index (χ4v) is 2.88. The number of fused-ring (bicyclic) bond motifs is 1. The van der Waals surface area contributed by atoms with E-state index < -0.39 is 0 Å². The van der Waals surface area contributed by atoms with Crippen LogP contribution in [0.4, 0.5) is 0 Å². The molecular formula is C15H20ClN3O. The maximum absolute atomic E-state index is 11.6. The average molecular weight is 294 g/mol. The third-order valence-corrected chi connectivity index (χ3v) is 3.98. The molecule has 0 radical (unpaired) electrons. The van der Waals surface area contributed by atoms with Crippen molar-refractivity contribution in [2.75, 3.05) is 7.05 Å². The van der Waals surface area contributed by atoms with E-state index in [2.05, 4.69) is 15.3 Å². The molecule has 1 saturated carbocycles. The van der Waals surface area contributed by atoms with Crippen LogP contribution in [-0.4, -0.2) is 22.9 Å². The highest BCUT2D eigenvalue weighted by Gasteiger charge is 2.19. The zero-order chi connectivity index (χ0) is 13.2. The Balaban J connectivity index is 0.00000147. The smallest absolute Gasteiger partial charge is 0.251 e. The van der Waals surface area contributed by atoms with Gasteiger partial charge in [0.05, 0.1) is 11.0 Å². The quantitative estimate of drug-likeness (QED) is 0.891. The summed E-state index contributed by atoms with van der Waals surface area (Å²) in [5.41, 5.74) is 2.59. The van der Waals surface area contributed by atoms with E-state index in [9.17, 15) is 4.79 Å². The molecule has 5 heteroatoms. The molecule has 4 nitrogen and oxygen atoms in total. The normalized spacial score (nSPS) is 15.8. The largest absolute Gasteiger partial charge is 0.355 e. The third kappa shape index (κ3) is 2.80. The van der Waals surface area contributed by atoms with Crippen LogP contribution in [0.25, 0.3) is 11.0 Å². The number of benzene rings is 1. The molecule has 0 aliphatic heterocycles. The number of aromatic nitrogens is 2. The van der Waals surface area contributed by atoms with Crippen LogP contribution in [0.3, 0.4) is 0 Å². The number of amides is 1. The Kier molecular flexibility index (Phi) is 4.65. The van der Waals surface area contributed by atoms with Gasteiger partial charge in [0, 0.05) is 18.5 Å². The minimum atomic E-state index is -0.0595. The summed E-state index contributed by atoms with van der Waals surface area (Å²) < 4.78 is 0. The highest BCUT2D eigenvalue weighted by molar-refractivity contribution is 5.97. The van der Waals surface area contributed by atoms with Crippen LogP contribution in [0.5, 0.6) is 0 Å². The maximum Gasteiger partial charge on any atom is 0.251 e. The topological polar surface area (TPSA) is 57.8 Å². The Morgan fingerprint density at radius 1 is 1.30 bits per heavy atom. The fourth-order valence-electron chi connectivity index (χ4n) is 2.88. The van der Waals surface area contributed by atoms with Crippen molar-refractivity contribution in [1.82, 2.24) is 15.3 Å². The first-order chi connectivity index (χ1) is 9.28. The lowest BCUT2D eigenvalue weighted by atomic mass is 9.89. The van der Waals surface area contributed by atoms with Crippen molar-refractivity contribution in [3.63, 3.8) is 0 Å². The first-order valence-corrected chi connectivity index (χ1v) is 6.99. The van der Waals surface area contributed by atoms with Crippen molar-refractivity contribution in [3.05, 3.63) is 29.6 Å². The van der Waals surface area contributed by atoms with Crippen molar-refractivity contribution >= 4 is 29.3 Å². The van der Waals surface area contributed by atoms with E-state index in [0.717, 1.165) is 16.9 Å². The van der Waals surface area contributed by atoms with Crippen LogP contribution in [0.1, 0.15) is 54.2 Å². The number of rotatable bonds is 2. The number of nitrogens with zero attached hydrogens (tertiary/aromatic N) is 1. The van der Waals surface area contributed by atoms with Gasteiger partial charge in [-0.05, 0) is 31.0 Å². The summed E-state index contributed by atoms with van der Waals surface area (Å²) in [6.45, 7) is 0. The SMILES string of the molecule is CNC(=O)c1ccc2nc(C3CCCCC3)[nH]c2c1.Cl. The summed E-state index contributed by atoms with van der Waals surface area (Å²) in [7, 11) is 1.65. The van der Waals surface area contributed by atoms with Crippen molar-refractivity contribution in [3.8, 4) is 0 Å². The molecule has 2 aromatic rings. The molecule has 3 rings (SSSR count). The standard InChI is InChI=1S/C15H19N3O.ClH/c1-16-15(19)11-7-8-12-13(9-11)18-14(17-12)10-5-3-2-4-6-10;/h7-10H,2-6H2,1H3,(H,16,19)(H,17,18);1H. The maximum atomic E-state index is 11.6. The van der Waals surface area contributed by atoms with E-state index in [4.69, 9.17) is 0 Å². The third-order valence-electron chi connectivity index (χ3n) is 3.98. The van der Waals surface area contributed by atoms with Gasteiger partial charge in [-0.3, -0.25) is 4.79 Å². The molecule has 108 valence electrons. The molecule has 0 saturated heterocycles. The van der Waals surface area contributed by atoms with Crippen LogP contribution >= 0.6 is 12.4 Å². The van der Waals surface area contributed by atoms with E-state index in [1.807, 2.05) is 18.2 Å². The number of nitrogens with one attached hydrogen (secondary N) is 2. The van der Waals surface area contributed by atoms with Crippen molar-refractivity contribution < 1.29 is 4.79 Å². The number of halogens is 1. The first kappa shape index (κ1) is 14.9. The van der Waals surface area contributed by atoms with Crippen molar-refractivity contribution in [2.45, 2.75) is 38.0 Å². The summed E-state index contributed by atoms with van der Waals surface area (Å²) in [6.07, 6.45) is 6.39. The van der Waals surface area contributed by atoms with E-state index in [0.29, 0.717) is 11.5 Å². The summed E-state index contributed by atoms with van der Waals surface area (Å²) >= 11 is 0. The molecule has 1 amide bonds. The molecule has 1 aliphatic rings. The number of imidazole rings is 1. The van der Waals surface area contributed by atoms with Crippen LogP contribution in [0.15, 0.2) is 18.2 Å². The van der Waals surface area contributed by atoms with Gasteiger partial charge in [-0.1, -0.05) is 19.3 Å². The molecule has 0 unspecified atom stereocenters. The number of aromatic amines is 1. The zero-order valence-electron chi connectivity index (χ0n) is 11.6. The molecule has 20 heavy (non-hydrogen) atoms. The summed E-state index contributed by atoms with van der Waals surface area (Å²) in [5.74, 6) is 1.59. The van der Waals surface area contributed by atoms with Gasteiger partial charge in [0.25, 0.3) is 5.91 Å². The van der Waals surface area contributed by atoms with Crippen LogP contribution in [-0.2, 0) is 0 Å². The molecule has 1 aromatic heterocycles. The van der Waals surface area contributed by atoms with Gasteiger partial charge >= 0.3 is 0 Å². The predicted octanol–water partition coefficient (Wildman–Crippen LogP) is 3.39.